The van der Waals surface area contributed by atoms with Crippen LogP contribution in [0.3, 0.4) is 0 Å². The molecule has 0 bridgehead atoms. The number of hydrogen-bond donors (Lipinski definition) is 0. The van der Waals surface area contributed by atoms with Crippen molar-refractivity contribution in [3.63, 3.8) is 0 Å². The molecular formula is C14H15FN2O2S. The van der Waals surface area contributed by atoms with Gasteiger partial charge >= 0.3 is 5.97 Å². The van der Waals surface area contributed by atoms with Crippen LogP contribution in [0.15, 0.2) is 23.8 Å². The number of hydrogen-bond acceptors (Lipinski definition) is 5. The normalized spacial score (nSPS) is 11.4. The largest absolute Gasteiger partial charge is 0.465 e. The number of rotatable bonds is 4. The Balaban J connectivity index is 2.34. The van der Waals surface area contributed by atoms with Crippen LogP contribution in [0.5, 0.6) is 0 Å². The van der Waals surface area contributed by atoms with Crippen molar-refractivity contribution in [3.8, 4) is 10.6 Å². The standard InChI is InChI=1S/C14H15FN2O2S/c1-4-19-13(18)14(2,3)11-8-20-12(17-11)9-5-6-16-7-10(9)15/h5-8H,4H2,1-3H3. The number of esters is 1. The van der Waals surface area contributed by atoms with Gasteiger partial charge in [0.1, 0.15) is 10.4 Å². The van der Waals surface area contributed by atoms with Crippen LogP contribution in [-0.4, -0.2) is 22.5 Å². The maximum absolute atomic E-state index is 13.7. The maximum atomic E-state index is 13.7. The molecule has 2 aromatic heterocycles. The number of carbonyl (C=O) groups excluding carboxylic acids is 1. The first-order valence-electron chi connectivity index (χ1n) is 6.20. The van der Waals surface area contributed by atoms with Crippen LogP contribution in [0.1, 0.15) is 26.5 Å². The van der Waals surface area contributed by atoms with E-state index in [1.165, 1.54) is 17.5 Å². The van der Waals surface area contributed by atoms with Crippen LogP contribution in [0.2, 0.25) is 0 Å². The minimum Gasteiger partial charge on any atom is -0.465 e. The summed E-state index contributed by atoms with van der Waals surface area (Å²) in [6.07, 6.45) is 2.66. The van der Waals surface area contributed by atoms with Gasteiger partial charge in [-0.15, -0.1) is 11.3 Å². The molecule has 0 atom stereocenters. The van der Waals surface area contributed by atoms with Crippen molar-refractivity contribution in [2.24, 2.45) is 0 Å². The number of halogens is 1. The lowest BCUT2D eigenvalue weighted by atomic mass is 9.90. The molecule has 0 aromatic carbocycles. The summed E-state index contributed by atoms with van der Waals surface area (Å²) >= 11 is 1.29. The van der Waals surface area contributed by atoms with Gasteiger partial charge in [0, 0.05) is 17.1 Å². The molecule has 0 saturated heterocycles. The van der Waals surface area contributed by atoms with Gasteiger partial charge < -0.3 is 4.74 Å². The van der Waals surface area contributed by atoms with Gasteiger partial charge in [-0.3, -0.25) is 9.78 Å². The lowest BCUT2D eigenvalue weighted by molar-refractivity contribution is -0.148. The van der Waals surface area contributed by atoms with Crippen LogP contribution in [0.25, 0.3) is 10.6 Å². The third kappa shape index (κ3) is 2.70. The van der Waals surface area contributed by atoms with Gasteiger partial charge in [-0.2, -0.15) is 0 Å². The summed E-state index contributed by atoms with van der Waals surface area (Å²) in [5.41, 5.74) is 0.108. The summed E-state index contributed by atoms with van der Waals surface area (Å²) in [6.45, 7) is 5.56. The molecule has 4 nitrogen and oxygen atoms in total. The summed E-state index contributed by atoms with van der Waals surface area (Å²) in [6, 6.07) is 1.56. The zero-order chi connectivity index (χ0) is 14.8. The fraction of sp³-hybridized carbons (Fsp3) is 0.357. The zero-order valence-corrected chi connectivity index (χ0v) is 12.3. The van der Waals surface area contributed by atoms with Gasteiger partial charge in [-0.25, -0.2) is 9.37 Å². The maximum Gasteiger partial charge on any atom is 0.317 e. The minimum absolute atomic E-state index is 0.318. The van der Waals surface area contributed by atoms with E-state index in [4.69, 9.17) is 4.74 Å². The SMILES string of the molecule is CCOC(=O)C(C)(C)c1csc(-c2ccncc2F)n1. The van der Waals surface area contributed by atoms with Crippen molar-refractivity contribution in [2.75, 3.05) is 6.61 Å². The summed E-state index contributed by atoms with van der Waals surface area (Å²) in [5, 5.41) is 2.28. The Morgan fingerprint density at radius 2 is 2.25 bits per heavy atom. The molecule has 0 fully saturated rings. The van der Waals surface area contributed by atoms with Gasteiger partial charge in [-0.05, 0) is 26.8 Å². The number of ether oxygens (including phenoxy) is 1. The van der Waals surface area contributed by atoms with Gasteiger partial charge in [0.2, 0.25) is 0 Å². The lowest BCUT2D eigenvalue weighted by Crippen LogP contribution is -2.31. The molecule has 0 spiro atoms. The summed E-state index contributed by atoms with van der Waals surface area (Å²) < 4.78 is 18.7. The molecule has 106 valence electrons. The summed E-state index contributed by atoms with van der Waals surface area (Å²) in [7, 11) is 0. The molecule has 20 heavy (non-hydrogen) atoms. The zero-order valence-electron chi connectivity index (χ0n) is 11.5. The molecule has 0 saturated carbocycles. The van der Waals surface area contributed by atoms with Crippen LogP contribution in [-0.2, 0) is 14.9 Å². The molecule has 0 radical (unpaired) electrons. The van der Waals surface area contributed by atoms with Gasteiger partial charge in [0.15, 0.2) is 5.82 Å². The first-order valence-corrected chi connectivity index (χ1v) is 7.08. The highest BCUT2D eigenvalue weighted by atomic mass is 32.1. The molecule has 0 aliphatic rings. The molecule has 2 heterocycles. The van der Waals surface area contributed by atoms with Gasteiger partial charge in [0.25, 0.3) is 0 Å². The van der Waals surface area contributed by atoms with Crippen molar-refractivity contribution in [1.29, 1.82) is 0 Å². The van der Waals surface area contributed by atoms with E-state index < -0.39 is 11.2 Å². The van der Waals surface area contributed by atoms with E-state index in [-0.39, 0.29) is 5.97 Å². The molecule has 2 rings (SSSR count). The predicted octanol–water partition coefficient (Wildman–Crippen LogP) is 3.18. The second-order valence-electron chi connectivity index (χ2n) is 4.74. The predicted molar refractivity (Wildman–Crippen MR) is 75.0 cm³/mol. The number of aromatic nitrogens is 2. The molecule has 0 amide bonds. The molecule has 0 aliphatic heterocycles. The van der Waals surface area contributed by atoms with Crippen molar-refractivity contribution in [2.45, 2.75) is 26.2 Å². The minimum atomic E-state index is -0.853. The second kappa shape index (κ2) is 5.66. The van der Waals surface area contributed by atoms with E-state index in [1.54, 1.807) is 32.2 Å². The van der Waals surface area contributed by atoms with Crippen molar-refractivity contribution in [3.05, 3.63) is 35.4 Å². The smallest absolute Gasteiger partial charge is 0.317 e. The molecule has 6 heteroatoms. The fourth-order valence-corrected chi connectivity index (χ4v) is 2.66. The van der Waals surface area contributed by atoms with E-state index >= 15 is 0 Å². The topological polar surface area (TPSA) is 52.1 Å². The molecule has 0 N–H and O–H groups in total. The molecule has 2 aromatic rings. The van der Waals surface area contributed by atoms with Crippen LogP contribution < -0.4 is 0 Å². The monoisotopic (exact) mass is 294 g/mol. The Morgan fingerprint density at radius 1 is 1.50 bits per heavy atom. The Morgan fingerprint density at radius 3 is 2.90 bits per heavy atom. The second-order valence-corrected chi connectivity index (χ2v) is 5.60. The van der Waals surface area contributed by atoms with Crippen LogP contribution in [0.4, 0.5) is 4.39 Å². The fourth-order valence-electron chi connectivity index (χ4n) is 1.65. The van der Waals surface area contributed by atoms with Crippen molar-refractivity contribution in [1.82, 2.24) is 9.97 Å². The molecular weight excluding hydrogens is 279 g/mol. The third-order valence-electron chi connectivity index (χ3n) is 2.93. The van der Waals surface area contributed by atoms with E-state index in [1.807, 2.05) is 0 Å². The molecule has 0 aliphatic carbocycles. The highest BCUT2D eigenvalue weighted by Crippen LogP contribution is 2.31. The van der Waals surface area contributed by atoms with Crippen molar-refractivity contribution >= 4 is 17.3 Å². The number of nitrogens with zero attached hydrogens (tertiary/aromatic N) is 2. The molecule has 0 unspecified atom stereocenters. The lowest BCUT2D eigenvalue weighted by Gasteiger charge is -2.19. The van der Waals surface area contributed by atoms with E-state index in [2.05, 4.69) is 9.97 Å². The third-order valence-corrected chi connectivity index (χ3v) is 3.81. The van der Waals surface area contributed by atoms with E-state index in [0.29, 0.717) is 22.9 Å². The van der Waals surface area contributed by atoms with Crippen LogP contribution in [0, 0.1) is 5.82 Å². The number of thiazole rings is 1. The number of carbonyl (C=O) groups is 1. The van der Waals surface area contributed by atoms with Gasteiger partial charge in [-0.1, -0.05) is 0 Å². The number of pyridine rings is 1. The Kier molecular flexibility index (Phi) is 4.13. The van der Waals surface area contributed by atoms with Crippen molar-refractivity contribution < 1.29 is 13.9 Å². The highest BCUT2D eigenvalue weighted by Gasteiger charge is 2.34. The average molecular weight is 294 g/mol. The van der Waals surface area contributed by atoms with E-state index in [0.717, 1.165) is 6.20 Å². The first kappa shape index (κ1) is 14.6. The average Bonchev–Trinajstić information content (AvgIpc) is 2.89. The Labute approximate surface area is 120 Å². The summed E-state index contributed by atoms with van der Waals surface area (Å²) in [4.78, 5) is 20.0. The van der Waals surface area contributed by atoms with Crippen LogP contribution >= 0.6 is 11.3 Å². The quantitative estimate of drug-likeness (QED) is 0.813. The highest BCUT2D eigenvalue weighted by molar-refractivity contribution is 7.13. The first-order chi connectivity index (χ1) is 9.46. The Bertz CT molecular complexity index is 625. The summed E-state index contributed by atoms with van der Waals surface area (Å²) in [5.74, 6) is -0.769. The Hall–Kier alpha value is -1.82. The van der Waals surface area contributed by atoms with Gasteiger partial charge in [0.05, 0.1) is 18.5 Å². The van der Waals surface area contributed by atoms with E-state index in [9.17, 15) is 9.18 Å².